The highest BCUT2D eigenvalue weighted by atomic mass is 16.5. The summed E-state index contributed by atoms with van der Waals surface area (Å²) in [7, 11) is 4.77. The van der Waals surface area contributed by atoms with E-state index in [9.17, 15) is 4.79 Å². The van der Waals surface area contributed by atoms with Crippen molar-refractivity contribution in [1.29, 1.82) is 0 Å². The lowest BCUT2D eigenvalue weighted by Gasteiger charge is -2.57. The summed E-state index contributed by atoms with van der Waals surface area (Å²) in [4.78, 5) is 12.5. The number of ether oxygens (including phenoxy) is 3. The molecule has 4 bridgehead atoms. The van der Waals surface area contributed by atoms with Crippen LogP contribution in [0.15, 0.2) is 12.1 Å². The van der Waals surface area contributed by atoms with E-state index >= 15 is 0 Å². The van der Waals surface area contributed by atoms with Crippen LogP contribution in [-0.2, 0) is 11.3 Å². The lowest BCUT2D eigenvalue weighted by molar-refractivity contribution is -0.121. The molecule has 0 spiro atoms. The summed E-state index contributed by atoms with van der Waals surface area (Å²) < 4.78 is 16.1. The minimum atomic E-state index is 0.0319. The maximum atomic E-state index is 12.5. The molecule has 0 heterocycles. The van der Waals surface area contributed by atoms with E-state index in [1.807, 2.05) is 12.1 Å². The van der Waals surface area contributed by atoms with Crippen molar-refractivity contribution in [2.45, 2.75) is 50.6 Å². The van der Waals surface area contributed by atoms with Gasteiger partial charge in [-0.25, -0.2) is 0 Å². The molecule has 0 radical (unpaired) electrons. The largest absolute Gasteiger partial charge is 0.493 e. The standard InChI is InChI=1S/C22H32N2O4/c1-26-18-7-17(8-19(27-2)21(18)28-3)12-23-20(25)13-24-22-9-14-4-15(10-22)6-16(5-14)11-22/h7-8,14-16,24H,4-6,9-13H2,1-3H3,(H,23,25). The van der Waals surface area contributed by atoms with E-state index in [-0.39, 0.29) is 11.4 Å². The molecule has 6 nitrogen and oxygen atoms in total. The molecule has 1 aromatic rings. The molecule has 4 fully saturated rings. The van der Waals surface area contributed by atoms with E-state index in [0.29, 0.717) is 30.3 Å². The number of carbonyl (C=O) groups excluding carboxylic acids is 1. The van der Waals surface area contributed by atoms with E-state index in [1.54, 1.807) is 21.3 Å². The molecule has 0 atom stereocenters. The monoisotopic (exact) mass is 388 g/mol. The van der Waals surface area contributed by atoms with Crippen LogP contribution in [0.1, 0.15) is 44.1 Å². The van der Waals surface area contributed by atoms with Gasteiger partial charge in [0.1, 0.15) is 0 Å². The minimum Gasteiger partial charge on any atom is -0.493 e. The molecule has 0 unspecified atom stereocenters. The molecule has 1 amide bonds. The van der Waals surface area contributed by atoms with Gasteiger partial charge in [0, 0.05) is 12.1 Å². The number of hydrogen-bond acceptors (Lipinski definition) is 5. The Morgan fingerprint density at radius 1 is 0.964 bits per heavy atom. The summed E-state index contributed by atoms with van der Waals surface area (Å²) in [5.74, 6) is 4.41. The fraction of sp³-hybridized carbons (Fsp3) is 0.682. The number of methoxy groups -OCH3 is 3. The molecule has 4 aliphatic rings. The van der Waals surface area contributed by atoms with E-state index in [1.165, 1.54) is 38.5 Å². The lowest BCUT2D eigenvalue weighted by Crippen LogP contribution is -2.59. The zero-order chi connectivity index (χ0) is 19.7. The summed E-state index contributed by atoms with van der Waals surface area (Å²) >= 11 is 0. The first-order chi connectivity index (χ1) is 13.5. The zero-order valence-corrected chi connectivity index (χ0v) is 17.2. The Morgan fingerprint density at radius 3 is 1.96 bits per heavy atom. The van der Waals surface area contributed by atoms with Crippen molar-refractivity contribution in [3.63, 3.8) is 0 Å². The lowest BCUT2D eigenvalue weighted by atomic mass is 9.53. The van der Waals surface area contributed by atoms with Gasteiger partial charge in [0.05, 0.1) is 27.9 Å². The maximum Gasteiger partial charge on any atom is 0.234 e. The second kappa shape index (κ2) is 7.82. The van der Waals surface area contributed by atoms with Crippen molar-refractivity contribution in [3.05, 3.63) is 17.7 Å². The van der Waals surface area contributed by atoms with Crippen LogP contribution >= 0.6 is 0 Å². The molecule has 1 aromatic carbocycles. The van der Waals surface area contributed by atoms with Crippen molar-refractivity contribution in [3.8, 4) is 17.2 Å². The third-order valence-electron chi connectivity index (χ3n) is 6.88. The van der Waals surface area contributed by atoms with Gasteiger partial charge in [-0.15, -0.1) is 0 Å². The first-order valence-corrected chi connectivity index (χ1v) is 10.3. The SMILES string of the molecule is COc1cc(CNC(=O)CNC23CC4CC(CC(C4)C2)C3)cc(OC)c1OC. The summed E-state index contributed by atoms with van der Waals surface area (Å²) in [6.07, 6.45) is 7.98. The average molecular weight is 389 g/mol. The van der Waals surface area contributed by atoms with Crippen molar-refractivity contribution < 1.29 is 19.0 Å². The van der Waals surface area contributed by atoms with Gasteiger partial charge in [-0.1, -0.05) is 0 Å². The van der Waals surface area contributed by atoms with Gasteiger partial charge in [0.15, 0.2) is 11.5 Å². The summed E-state index contributed by atoms with van der Waals surface area (Å²) in [5.41, 5.74) is 1.12. The van der Waals surface area contributed by atoms with Gasteiger partial charge >= 0.3 is 0 Å². The molecular formula is C22H32N2O4. The van der Waals surface area contributed by atoms with Crippen LogP contribution < -0.4 is 24.8 Å². The second-order valence-corrected chi connectivity index (χ2v) is 8.86. The second-order valence-electron chi connectivity index (χ2n) is 8.86. The minimum absolute atomic E-state index is 0.0319. The summed E-state index contributed by atoms with van der Waals surface area (Å²) in [6, 6.07) is 3.74. The predicted molar refractivity (Wildman–Crippen MR) is 107 cm³/mol. The quantitative estimate of drug-likeness (QED) is 0.717. The molecule has 4 saturated carbocycles. The van der Waals surface area contributed by atoms with Gasteiger partial charge in [-0.05, 0) is 74.0 Å². The van der Waals surface area contributed by atoms with Gasteiger partial charge in [-0.2, -0.15) is 0 Å². The average Bonchev–Trinajstić information content (AvgIpc) is 2.68. The fourth-order valence-electron chi connectivity index (χ4n) is 6.10. The number of carbonyl (C=O) groups is 1. The molecular weight excluding hydrogens is 356 g/mol. The van der Waals surface area contributed by atoms with Gasteiger partial charge in [0.2, 0.25) is 11.7 Å². The Bertz CT molecular complexity index is 673. The van der Waals surface area contributed by atoms with Crippen LogP contribution in [0.2, 0.25) is 0 Å². The van der Waals surface area contributed by atoms with Crippen molar-refractivity contribution in [2.24, 2.45) is 17.8 Å². The van der Waals surface area contributed by atoms with Crippen molar-refractivity contribution >= 4 is 5.91 Å². The van der Waals surface area contributed by atoms with E-state index in [2.05, 4.69) is 10.6 Å². The third-order valence-corrected chi connectivity index (χ3v) is 6.88. The van der Waals surface area contributed by atoms with Gasteiger partial charge in [0.25, 0.3) is 0 Å². The number of hydrogen-bond donors (Lipinski definition) is 2. The topological polar surface area (TPSA) is 68.8 Å². The Hall–Kier alpha value is -1.95. The highest BCUT2D eigenvalue weighted by molar-refractivity contribution is 5.78. The Morgan fingerprint density at radius 2 is 1.50 bits per heavy atom. The molecule has 0 saturated heterocycles. The van der Waals surface area contributed by atoms with E-state index in [0.717, 1.165) is 23.3 Å². The predicted octanol–water partition coefficient (Wildman–Crippen LogP) is 2.89. The summed E-state index contributed by atoms with van der Waals surface area (Å²) in [5, 5.41) is 6.66. The van der Waals surface area contributed by atoms with Gasteiger partial charge in [-0.3, -0.25) is 4.79 Å². The normalized spacial score (nSPS) is 30.2. The van der Waals surface area contributed by atoms with Crippen LogP contribution in [0.5, 0.6) is 17.2 Å². The molecule has 6 heteroatoms. The van der Waals surface area contributed by atoms with Crippen LogP contribution in [-0.4, -0.2) is 39.3 Å². The Kier molecular flexibility index (Phi) is 5.41. The molecule has 0 aliphatic heterocycles. The van der Waals surface area contributed by atoms with Crippen LogP contribution in [0.4, 0.5) is 0 Å². The zero-order valence-electron chi connectivity index (χ0n) is 17.2. The molecule has 5 rings (SSSR count). The van der Waals surface area contributed by atoms with Crippen molar-refractivity contribution in [1.82, 2.24) is 10.6 Å². The summed E-state index contributed by atoms with van der Waals surface area (Å²) in [6.45, 7) is 0.814. The fourth-order valence-corrected chi connectivity index (χ4v) is 6.10. The van der Waals surface area contributed by atoms with Crippen LogP contribution in [0, 0.1) is 17.8 Å². The molecule has 4 aliphatic carbocycles. The van der Waals surface area contributed by atoms with E-state index < -0.39 is 0 Å². The number of nitrogens with one attached hydrogen (secondary N) is 2. The smallest absolute Gasteiger partial charge is 0.234 e. The molecule has 2 N–H and O–H groups in total. The first kappa shape index (κ1) is 19.4. The molecule has 0 aromatic heterocycles. The highest BCUT2D eigenvalue weighted by Crippen LogP contribution is 2.55. The molecule has 154 valence electrons. The van der Waals surface area contributed by atoms with Crippen LogP contribution in [0.25, 0.3) is 0 Å². The number of benzene rings is 1. The van der Waals surface area contributed by atoms with E-state index in [4.69, 9.17) is 14.2 Å². The van der Waals surface area contributed by atoms with Crippen LogP contribution in [0.3, 0.4) is 0 Å². The Labute approximate surface area is 167 Å². The maximum absolute atomic E-state index is 12.5. The van der Waals surface area contributed by atoms with Gasteiger partial charge < -0.3 is 24.8 Å². The first-order valence-electron chi connectivity index (χ1n) is 10.3. The number of rotatable bonds is 8. The number of amides is 1. The molecule has 28 heavy (non-hydrogen) atoms. The van der Waals surface area contributed by atoms with Crippen molar-refractivity contribution in [2.75, 3.05) is 27.9 Å². The Balaban J connectivity index is 1.33. The highest BCUT2D eigenvalue weighted by Gasteiger charge is 2.50. The third kappa shape index (κ3) is 3.79.